The lowest BCUT2D eigenvalue weighted by Crippen LogP contribution is -2.10. The second-order valence-electron chi connectivity index (χ2n) is 4.21. The number of aromatic nitrogens is 2. The van der Waals surface area contributed by atoms with Gasteiger partial charge in [0.25, 0.3) is 0 Å². The van der Waals surface area contributed by atoms with Crippen LogP contribution >= 0.6 is 15.9 Å². The number of alkyl halides is 1. The second-order valence-corrected chi connectivity index (χ2v) is 4.77. The Hall–Kier alpha value is -0.310. The highest BCUT2D eigenvalue weighted by Crippen LogP contribution is 2.49. The molecule has 0 aromatic carbocycles. The van der Waals surface area contributed by atoms with E-state index in [-0.39, 0.29) is 0 Å². The smallest absolute Gasteiger partial charge is 0.0596 e. The molecular formula is C10H15BrN2. The number of aryl methyl sites for hydroxylation is 2. The fourth-order valence-electron chi connectivity index (χ4n) is 1.75. The molecule has 0 atom stereocenters. The van der Waals surface area contributed by atoms with E-state index in [1.165, 1.54) is 25.0 Å². The lowest BCUT2D eigenvalue weighted by atomic mass is 10.0. The van der Waals surface area contributed by atoms with Crippen molar-refractivity contribution in [1.82, 2.24) is 9.78 Å². The molecule has 0 amide bonds. The van der Waals surface area contributed by atoms with Crippen LogP contribution in [0.4, 0.5) is 0 Å². The number of hydrogen-bond acceptors (Lipinski definition) is 1. The fraction of sp³-hybridized carbons (Fsp3) is 0.700. The number of nitrogens with zero attached hydrogens (tertiary/aromatic N) is 2. The molecule has 1 aliphatic rings. The summed E-state index contributed by atoms with van der Waals surface area (Å²) in [4.78, 5) is 0. The van der Waals surface area contributed by atoms with Crippen LogP contribution in [0.3, 0.4) is 0 Å². The van der Waals surface area contributed by atoms with Gasteiger partial charge in [-0.1, -0.05) is 15.9 Å². The van der Waals surface area contributed by atoms with E-state index in [4.69, 9.17) is 0 Å². The van der Waals surface area contributed by atoms with Crippen LogP contribution in [0.1, 0.15) is 24.2 Å². The maximum atomic E-state index is 4.36. The highest BCUT2D eigenvalue weighted by molar-refractivity contribution is 9.09. The van der Waals surface area contributed by atoms with E-state index in [9.17, 15) is 0 Å². The monoisotopic (exact) mass is 242 g/mol. The van der Waals surface area contributed by atoms with Gasteiger partial charge in [0.1, 0.15) is 0 Å². The normalized spacial score (nSPS) is 19.0. The summed E-state index contributed by atoms with van der Waals surface area (Å²) in [5, 5.41) is 5.49. The molecule has 0 radical (unpaired) electrons. The summed E-state index contributed by atoms with van der Waals surface area (Å²) in [5.41, 5.74) is 3.05. The summed E-state index contributed by atoms with van der Waals surface area (Å²) in [5.74, 6) is 0. The van der Waals surface area contributed by atoms with Crippen molar-refractivity contribution < 1.29 is 0 Å². The van der Waals surface area contributed by atoms with Crippen molar-refractivity contribution in [2.75, 3.05) is 5.33 Å². The molecule has 2 nitrogen and oxygen atoms in total. The summed E-state index contributed by atoms with van der Waals surface area (Å²) in [6.45, 7) is 2.05. The van der Waals surface area contributed by atoms with Gasteiger partial charge in [0, 0.05) is 18.1 Å². The molecule has 1 fully saturated rings. The van der Waals surface area contributed by atoms with Crippen molar-refractivity contribution in [3.8, 4) is 0 Å². The maximum absolute atomic E-state index is 4.36. The van der Waals surface area contributed by atoms with Crippen LogP contribution in [0.15, 0.2) is 6.07 Å². The number of rotatable bonds is 3. The van der Waals surface area contributed by atoms with Gasteiger partial charge in [-0.2, -0.15) is 5.10 Å². The second kappa shape index (κ2) is 3.12. The Labute approximate surface area is 87.5 Å². The molecule has 2 rings (SSSR count). The predicted octanol–water partition coefficient (Wildman–Crippen LogP) is 2.45. The van der Waals surface area contributed by atoms with Crippen molar-refractivity contribution in [2.24, 2.45) is 12.5 Å². The van der Waals surface area contributed by atoms with Crippen LogP contribution in [0.25, 0.3) is 0 Å². The van der Waals surface area contributed by atoms with Crippen molar-refractivity contribution in [3.05, 3.63) is 17.5 Å². The average Bonchev–Trinajstić information content (AvgIpc) is 2.77. The fourth-order valence-corrected chi connectivity index (χ4v) is 2.51. The van der Waals surface area contributed by atoms with E-state index < -0.39 is 0 Å². The minimum Gasteiger partial charge on any atom is -0.272 e. The van der Waals surface area contributed by atoms with Gasteiger partial charge in [0.2, 0.25) is 0 Å². The first-order valence-corrected chi connectivity index (χ1v) is 5.83. The molecule has 1 aliphatic carbocycles. The van der Waals surface area contributed by atoms with Crippen LogP contribution in [-0.2, 0) is 13.5 Å². The first-order valence-electron chi connectivity index (χ1n) is 4.71. The highest BCUT2D eigenvalue weighted by Gasteiger charge is 2.41. The molecule has 1 heterocycles. The Morgan fingerprint density at radius 2 is 2.31 bits per heavy atom. The van der Waals surface area contributed by atoms with Gasteiger partial charge in [0.05, 0.1) is 5.69 Å². The molecule has 1 saturated carbocycles. The van der Waals surface area contributed by atoms with Crippen LogP contribution in [0.2, 0.25) is 0 Å². The standard InChI is InChI=1S/C10H15BrN2/c1-8-5-9(13(2)12-8)6-10(7-11)3-4-10/h5H,3-4,6-7H2,1-2H3. The largest absolute Gasteiger partial charge is 0.272 e. The Morgan fingerprint density at radius 1 is 1.62 bits per heavy atom. The van der Waals surface area contributed by atoms with Crippen molar-refractivity contribution in [3.63, 3.8) is 0 Å². The molecule has 0 bridgehead atoms. The first kappa shape index (κ1) is 9.25. The minimum atomic E-state index is 0.556. The molecule has 0 aliphatic heterocycles. The van der Waals surface area contributed by atoms with E-state index in [1.807, 2.05) is 11.7 Å². The van der Waals surface area contributed by atoms with E-state index in [0.717, 1.165) is 11.0 Å². The lowest BCUT2D eigenvalue weighted by molar-refractivity contribution is 0.549. The van der Waals surface area contributed by atoms with Gasteiger partial charge in [0.15, 0.2) is 0 Å². The van der Waals surface area contributed by atoms with Crippen LogP contribution < -0.4 is 0 Å². The van der Waals surface area contributed by atoms with Crippen molar-refractivity contribution >= 4 is 15.9 Å². The Bertz CT molecular complexity index is 313. The zero-order chi connectivity index (χ0) is 9.47. The van der Waals surface area contributed by atoms with E-state index in [1.54, 1.807) is 0 Å². The minimum absolute atomic E-state index is 0.556. The zero-order valence-electron chi connectivity index (χ0n) is 8.18. The molecule has 3 heteroatoms. The quantitative estimate of drug-likeness (QED) is 0.745. The topological polar surface area (TPSA) is 17.8 Å². The third-order valence-corrected chi connectivity index (χ3v) is 4.09. The lowest BCUT2D eigenvalue weighted by Gasteiger charge is -2.10. The van der Waals surface area contributed by atoms with Crippen LogP contribution in [-0.4, -0.2) is 15.1 Å². The van der Waals surface area contributed by atoms with Gasteiger partial charge < -0.3 is 0 Å². The van der Waals surface area contributed by atoms with Crippen LogP contribution in [0.5, 0.6) is 0 Å². The molecule has 72 valence electrons. The average molecular weight is 243 g/mol. The number of halogens is 1. The Balaban J connectivity index is 2.13. The highest BCUT2D eigenvalue weighted by atomic mass is 79.9. The summed E-state index contributed by atoms with van der Waals surface area (Å²) in [6, 6.07) is 2.20. The molecule has 0 spiro atoms. The van der Waals surface area contributed by atoms with E-state index in [0.29, 0.717) is 5.41 Å². The number of hydrogen-bond donors (Lipinski definition) is 0. The first-order chi connectivity index (χ1) is 6.15. The molecule has 13 heavy (non-hydrogen) atoms. The SMILES string of the molecule is Cc1cc(CC2(CBr)CC2)n(C)n1. The van der Waals surface area contributed by atoms with Crippen molar-refractivity contribution in [2.45, 2.75) is 26.2 Å². The Morgan fingerprint density at radius 3 is 2.69 bits per heavy atom. The van der Waals surface area contributed by atoms with Crippen molar-refractivity contribution in [1.29, 1.82) is 0 Å². The van der Waals surface area contributed by atoms with E-state index >= 15 is 0 Å². The van der Waals surface area contributed by atoms with Gasteiger partial charge in [-0.25, -0.2) is 0 Å². The third-order valence-electron chi connectivity index (χ3n) is 2.90. The molecule has 0 N–H and O–H groups in total. The Kier molecular flexibility index (Phi) is 2.22. The summed E-state index contributed by atoms with van der Waals surface area (Å²) in [6.07, 6.45) is 3.90. The van der Waals surface area contributed by atoms with Gasteiger partial charge >= 0.3 is 0 Å². The molecule has 0 unspecified atom stereocenters. The van der Waals surface area contributed by atoms with E-state index in [2.05, 4.69) is 34.0 Å². The molecular weight excluding hydrogens is 228 g/mol. The summed E-state index contributed by atoms with van der Waals surface area (Å²) in [7, 11) is 2.03. The van der Waals surface area contributed by atoms with Gasteiger partial charge in [-0.05, 0) is 37.7 Å². The molecule has 1 aromatic rings. The third kappa shape index (κ3) is 1.80. The summed E-state index contributed by atoms with van der Waals surface area (Å²) >= 11 is 3.59. The molecule has 1 aromatic heterocycles. The predicted molar refractivity (Wildman–Crippen MR) is 57.1 cm³/mol. The summed E-state index contributed by atoms with van der Waals surface area (Å²) < 4.78 is 2.01. The van der Waals surface area contributed by atoms with Gasteiger partial charge in [-0.3, -0.25) is 4.68 Å². The maximum Gasteiger partial charge on any atom is 0.0596 e. The van der Waals surface area contributed by atoms with Crippen LogP contribution in [0, 0.1) is 12.3 Å². The van der Waals surface area contributed by atoms with Gasteiger partial charge in [-0.15, -0.1) is 0 Å². The molecule has 0 saturated heterocycles. The zero-order valence-corrected chi connectivity index (χ0v) is 9.76.